The van der Waals surface area contributed by atoms with Crippen molar-refractivity contribution in [1.29, 1.82) is 0 Å². The standard InChI is InChI=1S/C22H31F3N8O/c1-14-17(12-33(30-14)15-6-9-31(4)11-15)28-20-27-10-16(22(23,24)25)18(29-20)26-7-5-8-32-13-21(2,3)19(32)34/h10,12,15H,5-9,11,13H2,1-4H3,(H2,26,27,28,29). The molecule has 186 valence electrons. The van der Waals surface area contributed by atoms with Gasteiger partial charge in [-0.2, -0.15) is 23.3 Å². The van der Waals surface area contributed by atoms with Gasteiger partial charge in [0.15, 0.2) is 0 Å². The molecule has 0 spiro atoms. The number of anilines is 3. The number of likely N-dealkylation sites (tertiary alicyclic amines) is 2. The minimum atomic E-state index is -4.59. The monoisotopic (exact) mass is 480 g/mol. The second kappa shape index (κ2) is 9.05. The van der Waals surface area contributed by atoms with E-state index in [1.54, 1.807) is 4.90 Å². The van der Waals surface area contributed by atoms with E-state index >= 15 is 0 Å². The van der Waals surface area contributed by atoms with Crippen molar-refractivity contribution in [1.82, 2.24) is 29.5 Å². The second-order valence-electron chi connectivity index (χ2n) is 9.78. The molecule has 2 aliphatic heterocycles. The van der Waals surface area contributed by atoms with Crippen LogP contribution in [0.15, 0.2) is 12.4 Å². The Balaban J connectivity index is 1.42. The molecule has 0 saturated carbocycles. The molecule has 9 nitrogen and oxygen atoms in total. The molecule has 2 saturated heterocycles. The Morgan fingerprint density at radius 2 is 2.06 bits per heavy atom. The van der Waals surface area contributed by atoms with E-state index in [2.05, 4.69) is 37.6 Å². The molecule has 0 radical (unpaired) electrons. The number of aromatic nitrogens is 4. The molecular weight excluding hydrogens is 449 g/mol. The van der Waals surface area contributed by atoms with E-state index in [-0.39, 0.29) is 35.7 Å². The van der Waals surface area contributed by atoms with Gasteiger partial charge in [-0.1, -0.05) is 0 Å². The van der Waals surface area contributed by atoms with Crippen LogP contribution in [0.25, 0.3) is 0 Å². The van der Waals surface area contributed by atoms with Crippen LogP contribution in [0.2, 0.25) is 0 Å². The highest BCUT2D eigenvalue weighted by atomic mass is 19.4. The van der Waals surface area contributed by atoms with Gasteiger partial charge in [0.25, 0.3) is 0 Å². The second-order valence-corrected chi connectivity index (χ2v) is 9.78. The van der Waals surface area contributed by atoms with Crippen molar-refractivity contribution in [3.8, 4) is 0 Å². The minimum Gasteiger partial charge on any atom is -0.369 e. The van der Waals surface area contributed by atoms with Crippen LogP contribution < -0.4 is 10.6 Å². The largest absolute Gasteiger partial charge is 0.421 e. The first kappa shape index (κ1) is 24.2. The van der Waals surface area contributed by atoms with Crippen molar-refractivity contribution in [2.45, 2.75) is 45.8 Å². The van der Waals surface area contributed by atoms with Crippen molar-refractivity contribution in [3.05, 3.63) is 23.7 Å². The maximum atomic E-state index is 13.5. The maximum absolute atomic E-state index is 13.5. The molecule has 0 bridgehead atoms. The van der Waals surface area contributed by atoms with Crippen LogP contribution in [-0.2, 0) is 11.0 Å². The SMILES string of the molecule is Cc1nn(C2CCN(C)C2)cc1Nc1ncc(C(F)(F)F)c(NCCCN2CC(C)(C)C2=O)n1. The summed E-state index contributed by atoms with van der Waals surface area (Å²) < 4.78 is 42.4. The number of aryl methyl sites for hydroxylation is 1. The summed E-state index contributed by atoms with van der Waals surface area (Å²) in [6, 6.07) is 0.258. The summed E-state index contributed by atoms with van der Waals surface area (Å²) in [6.45, 7) is 8.88. The van der Waals surface area contributed by atoms with Crippen LogP contribution in [-0.4, -0.2) is 75.2 Å². The predicted molar refractivity (Wildman–Crippen MR) is 122 cm³/mol. The van der Waals surface area contributed by atoms with E-state index in [9.17, 15) is 18.0 Å². The smallest absolute Gasteiger partial charge is 0.369 e. The van der Waals surface area contributed by atoms with Crippen LogP contribution in [0, 0.1) is 12.3 Å². The van der Waals surface area contributed by atoms with Gasteiger partial charge in [0.2, 0.25) is 11.9 Å². The van der Waals surface area contributed by atoms with Crippen LogP contribution in [0.3, 0.4) is 0 Å². The first-order valence-corrected chi connectivity index (χ1v) is 11.4. The molecule has 2 aliphatic rings. The highest BCUT2D eigenvalue weighted by molar-refractivity contribution is 5.87. The van der Waals surface area contributed by atoms with Crippen molar-refractivity contribution in [2.24, 2.45) is 5.41 Å². The van der Waals surface area contributed by atoms with Crippen molar-refractivity contribution in [2.75, 3.05) is 50.4 Å². The van der Waals surface area contributed by atoms with Gasteiger partial charge < -0.3 is 20.4 Å². The van der Waals surface area contributed by atoms with E-state index in [0.717, 1.165) is 31.4 Å². The van der Waals surface area contributed by atoms with Gasteiger partial charge >= 0.3 is 6.18 Å². The molecule has 2 aromatic heterocycles. The third-order valence-electron chi connectivity index (χ3n) is 6.35. The molecule has 2 aromatic rings. The van der Waals surface area contributed by atoms with Crippen LogP contribution in [0.4, 0.5) is 30.6 Å². The van der Waals surface area contributed by atoms with Crippen molar-refractivity contribution >= 4 is 23.4 Å². The number of carbonyl (C=O) groups excluding carboxylic acids is 1. The average molecular weight is 481 g/mol. The lowest BCUT2D eigenvalue weighted by molar-refractivity contribution is -0.156. The first-order valence-electron chi connectivity index (χ1n) is 11.4. The lowest BCUT2D eigenvalue weighted by atomic mass is 9.83. The number of likely N-dealkylation sites (N-methyl/N-ethyl adjacent to an activating group) is 1. The van der Waals surface area contributed by atoms with Gasteiger partial charge in [0, 0.05) is 38.6 Å². The molecule has 34 heavy (non-hydrogen) atoms. The minimum absolute atomic E-state index is 0.0568. The maximum Gasteiger partial charge on any atom is 0.421 e. The Morgan fingerprint density at radius 1 is 1.29 bits per heavy atom. The molecule has 4 rings (SSSR count). The zero-order valence-corrected chi connectivity index (χ0v) is 19.9. The zero-order valence-electron chi connectivity index (χ0n) is 19.9. The first-order chi connectivity index (χ1) is 15.9. The number of alkyl halides is 3. The van der Waals surface area contributed by atoms with Gasteiger partial charge in [0.1, 0.15) is 11.4 Å². The number of β-lactam (4-membered cyclic amide) rings is 1. The Hall–Kier alpha value is -2.89. The predicted octanol–water partition coefficient (Wildman–Crippen LogP) is 3.29. The highest BCUT2D eigenvalue weighted by Gasteiger charge is 2.43. The van der Waals surface area contributed by atoms with Gasteiger partial charge in [-0.05, 0) is 47.2 Å². The van der Waals surface area contributed by atoms with Gasteiger partial charge in [0.05, 0.1) is 22.8 Å². The molecule has 0 aliphatic carbocycles. The molecule has 1 atom stereocenters. The van der Waals surface area contributed by atoms with E-state index < -0.39 is 11.7 Å². The van der Waals surface area contributed by atoms with E-state index in [1.807, 2.05) is 31.6 Å². The molecule has 0 aromatic carbocycles. The molecule has 4 heterocycles. The van der Waals surface area contributed by atoms with E-state index in [4.69, 9.17) is 0 Å². The zero-order chi connectivity index (χ0) is 24.7. The Kier molecular flexibility index (Phi) is 6.45. The summed E-state index contributed by atoms with van der Waals surface area (Å²) in [7, 11) is 2.06. The summed E-state index contributed by atoms with van der Waals surface area (Å²) in [5.74, 6) is -0.166. The van der Waals surface area contributed by atoms with E-state index in [0.29, 0.717) is 25.2 Å². The van der Waals surface area contributed by atoms with Gasteiger partial charge in [-0.15, -0.1) is 0 Å². The number of hydrogen-bond donors (Lipinski definition) is 2. The number of carbonyl (C=O) groups is 1. The average Bonchev–Trinajstić information content (AvgIpc) is 3.35. The topological polar surface area (TPSA) is 91.2 Å². The molecule has 1 amide bonds. The Labute approximate surface area is 196 Å². The number of nitrogens with zero attached hydrogens (tertiary/aromatic N) is 6. The number of nitrogens with one attached hydrogen (secondary N) is 2. The summed E-state index contributed by atoms with van der Waals surface area (Å²) in [4.78, 5) is 23.9. The van der Waals surface area contributed by atoms with Crippen LogP contribution >= 0.6 is 0 Å². The molecule has 12 heteroatoms. The molecule has 2 N–H and O–H groups in total. The van der Waals surface area contributed by atoms with E-state index in [1.165, 1.54) is 0 Å². The number of rotatable bonds is 8. The fourth-order valence-electron chi connectivity index (χ4n) is 4.43. The summed E-state index contributed by atoms with van der Waals surface area (Å²) in [5.41, 5.74) is 0.0958. The number of halogens is 3. The Morgan fingerprint density at radius 3 is 2.68 bits per heavy atom. The lowest BCUT2D eigenvalue weighted by Gasteiger charge is -2.44. The molecular formula is C22H31F3N8O. The third kappa shape index (κ3) is 5.11. The molecule has 1 unspecified atom stereocenters. The third-order valence-corrected chi connectivity index (χ3v) is 6.35. The normalized spacial score (nSPS) is 20.5. The summed E-state index contributed by atoms with van der Waals surface area (Å²) in [6.07, 6.45) is -0.465. The summed E-state index contributed by atoms with van der Waals surface area (Å²) in [5, 5.41) is 10.3. The van der Waals surface area contributed by atoms with Gasteiger partial charge in [-0.3, -0.25) is 9.48 Å². The quantitative estimate of drug-likeness (QED) is 0.443. The highest BCUT2D eigenvalue weighted by Crippen LogP contribution is 2.35. The Bertz CT molecular complexity index is 1050. The fourth-order valence-corrected chi connectivity index (χ4v) is 4.43. The number of amides is 1. The van der Waals surface area contributed by atoms with Crippen molar-refractivity contribution in [3.63, 3.8) is 0 Å². The molecule has 2 fully saturated rings. The van der Waals surface area contributed by atoms with Crippen molar-refractivity contribution < 1.29 is 18.0 Å². The van der Waals surface area contributed by atoms with Gasteiger partial charge in [-0.25, -0.2) is 4.98 Å². The fraction of sp³-hybridized carbons (Fsp3) is 0.636. The van der Waals surface area contributed by atoms with Crippen LogP contribution in [0.5, 0.6) is 0 Å². The lowest BCUT2D eigenvalue weighted by Crippen LogP contribution is -2.58. The van der Waals surface area contributed by atoms with Crippen LogP contribution in [0.1, 0.15) is 44.0 Å². The summed E-state index contributed by atoms with van der Waals surface area (Å²) >= 11 is 0. The number of hydrogen-bond acceptors (Lipinski definition) is 7.